The second kappa shape index (κ2) is 3.90. The van der Waals surface area contributed by atoms with Crippen LogP contribution in [0.1, 0.15) is 41.0 Å². The summed E-state index contributed by atoms with van der Waals surface area (Å²) in [6, 6.07) is 0. The summed E-state index contributed by atoms with van der Waals surface area (Å²) >= 11 is 0. The number of aliphatic hydroxyl groups excluding tert-OH is 1. The van der Waals surface area contributed by atoms with E-state index in [1.165, 1.54) is 13.8 Å². The quantitative estimate of drug-likeness (QED) is 0.551. The Kier molecular flexibility index (Phi) is 3.41. The van der Waals surface area contributed by atoms with Gasteiger partial charge in [0.1, 0.15) is 11.2 Å². The molecule has 5 atom stereocenters. The molecule has 0 spiro atoms. The average molecular weight is 247 g/mol. The lowest BCUT2D eigenvalue weighted by Gasteiger charge is -2.62. The molecular formula is C12H25NO4. The van der Waals surface area contributed by atoms with Gasteiger partial charge >= 0.3 is 0 Å². The van der Waals surface area contributed by atoms with Crippen molar-refractivity contribution in [1.29, 1.82) is 0 Å². The molecule has 1 heterocycles. The van der Waals surface area contributed by atoms with Crippen LogP contribution in [0.15, 0.2) is 0 Å². The van der Waals surface area contributed by atoms with Crippen molar-refractivity contribution in [3.63, 3.8) is 0 Å². The predicted molar refractivity (Wildman–Crippen MR) is 64.5 cm³/mol. The van der Waals surface area contributed by atoms with Gasteiger partial charge in [-0.2, -0.15) is 0 Å². The molecule has 0 aromatic heterocycles. The van der Waals surface area contributed by atoms with E-state index in [1.807, 2.05) is 6.92 Å². The summed E-state index contributed by atoms with van der Waals surface area (Å²) in [5, 5.41) is 34.3. The van der Waals surface area contributed by atoms with E-state index < -0.39 is 28.6 Å². The van der Waals surface area contributed by atoms with Gasteiger partial charge in [0.25, 0.3) is 0 Å². The van der Waals surface area contributed by atoms with Gasteiger partial charge in [-0.3, -0.25) is 0 Å². The van der Waals surface area contributed by atoms with Gasteiger partial charge in [-0.25, -0.2) is 0 Å². The topological polar surface area (TPSA) is 82.0 Å². The Hall–Kier alpha value is -0.200. The van der Waals surface area contributed by atoms with Crippen LogP contribution in [0.4, 0.5) is 0 Å². The maximum atomic E-state index is 10.7. The van der Waals surface area contributed by atoms with Crippen LogP contribution in [-0.4, -0.2) is 51.0 Å². The first-order valence-electron chi connectivity index (χ1n) is 5.99. The van der Waals surface area contributed by atoms with Crippen molar-refractivity contribution in [2.45, 2.75) is 69.7 Å². The number of ether oxygens (including phenoxy) is 1. The molecule has 0 aromatic rings. The maximum Gasteiger partial charge on any atom is 0.176 e. The SMILES string of the molecule is CCC1(C)OC(O)C(C)(NC)C(C)(O)C1(C)O. The normalized spacial score (nSPS) is 55.9. The Morgan fingerprint density at radius 1 is 1.12 bits per heavy atom. The number of aliphatic hydroxyl groups is 3. The van der Waals surface area contributed by atoms with Gasteiger partial charge in [-0.1, -0.05) is 6.92 Å². The lowest BCUT2D eigenvalue weighted by molar-refractivity contribution is -0.373. The molecule has 0 saturated carbocycles. The van der Waals surface area contributed by atoms with Crippen molar-refractivity contribution in [2.75, 3.05) is 7.05 Å². The molecule has 0 aromatic carbocycles. The highest BCUT2D eigenvalue weighted by Crippen LogP contribution is 2.49. The Labute approximate surface area is 103 Å². The summed E-state index contributed by atoms with van der Waals surface area (Å²) in [7, 11) is 1.62. The Bertz CT molecular complexity index is 305. The van der Waals surface area contributed by atoms with Gasteiger partial charge in [0, 0.05) is 0 Å². The molecule has 0 bridgehead atoms. The molecule has 0 radical (unpaired) electrons. The fraction of sp³-hybridized carbons (Fsp3) is 1.00. The zero-order valence-corrected chi connectivity index (χ0v) is 11.5. The molecular weight excluding hydrogens is 222 g/mol. The van der Waals surface area contributed by atoms with Crippen molar-refractivity contribution < 1.29 is 20.1 Å². The highest BCUT2D eigenvalue weighted by molar-refractivity contribution is 5.20. The predicted octanol–water partition coefficient (Wildman–Crippen LogP) is -0.0162. The molecule has 17 heavy (non-hydrogen) atoms. The van der Waals surface area contributed by atoms with E-state index in [9.17, 15) is 15.3 Å². The third-order valence-electron chi connectivity index (χ3n) is 5.05. The second-order valence-corrected chi connectivity index (χ2v) is 5.65. The minimum atomic E-state index is -1.54. The molecule has 1 aliphatic rings. The fourth-order valence-electron chi connectivity index (χ4n) is 2.53. The molecule has 5 heteroatoms. The van der Waals surface area contributed by atoms with Crippen molar-refractivity contribution in [3.05, 3.63) is 0 Å². The van der Waals surface area contributed by atoms with E-state index in [-0.39, 0.29) is 0 Å². The minimum absolute atomic E-state index is 0.479. The maximum absolute atomic E-state index is 10.7. The lowest BCUT2D eigenvalue weighted by atomic mass is 9.61. The van der Waals surface area contributed by atoms with Gasteiger partial charge in [0.2, 0.25) is 0 Å². The largest absolute Gasteiger partial charge is 0.385 e. The van der Waals surface area contributed by atoms with Crippen LogP contribution in [0.25, 0.3) is 0 Å². The highest BCUT2D eigenvalue weighted by atomic mass is 16.6. The van der Waals surface area contributed by atoms with E-state index in [0.29, 0.717) is 6.42 Å². The van der Waals surface area contributed by atoms with Gasteiger partial charge < -0.3 is 25.4 Å². The van der Waals surface area contributed by atoms with E-state index in [4.69, 9.17) is 4.74 Å². The van der Waals surface area contributed by atoms with Crippen molar-refractivity contribution >= 4 is 0 Å². The van der Waals surface area contributed by atoms with Crippen LogP contribution in [0.3, 0.4) is 0 Å². The average Bonchev–Trinajstić information content (AvgIpc) is 2.25. The van der Waals surface area contributed by atoms with Gasteiger partial charge in [0.05, 0.1) is 11.1 Å². The lowest BCUT2D eigenvalue weighted by Crippen LogP contribution is -2.83. The number of rotatable bonds is 2. The van der Waals surface area contributed by atoms with E-state index in [2.05, 4.69) is 5.32 Å². The summed E-state index contributed by atoms with van der Waals surface area (Å²) in [6.45, 7) is 8.22. The first-order valence-corrected chi connectivity index (χ1v) is 5.99. The van der Waals surface area contributed by atoms with E-state index in [0.717, 1.165) is 0 Å². The van der Waals surface area contributed by atoms with Gasteiger partial charge in [-0.05, 0) is 41.2 Å². The van der Waals surface area contributed by atoms with Crippen LogP contribution in [0.2, 0.25) is 0 Å². The summed E-state index contributed by atoms with van der Waals surface area (Å²) in [5.41, 5.74) is -5.19. The number of likely N-dealkylation sites (N-methyl/N-ethyl adjacent to an activating group) is 1. The van der Waals surface area contributed by atoms with E-state index >= 15 is 0 Å². The molecule has 1 rings (SSSR count). The van der Waals surface area contributed by atoms with Crippen LogP contribution >= 0.6 is 0 Å². The van der Waals surface area contributed by atoms with Crippen molar-refractivity contribution in [2.24, 2.45) is 0 Å². The molecule has 1 fully saturated rings. The van der Waals surface area contributed by atoms with E-state index in [1.54, 1.807) is 20.9 Å². The van der Waals surface area contributed by atoms with Crippen LogP contribution < -0.4 is 5.32 Å². The van der Waals surface area contributed by atoms with Gasteiger partial charge in [-0.15, -0.1) is 0 Å². The molecule has 1 saturated heterocycles. The number of hydrogen-bond donors (Lipinski definition) is 4. The Balaban J connectivity index is 3.36. The Morgan fingerprint density at radius 2 is 1.59 bits per heavy atom. The third kappa shape index (κ3) is 1.57. The second-order valence-electron chi connectivity index (χ2n) is 5.65. The molecule has 4 N–H and O–H groups in total. The molecule has 0 amide bonds. The molecule has 5 unspecified atom stereocenters. The Morgan fingerprint density at radius 3 is 1.94 bits per heavy atom. The fourth-order valence-corrected chi connectivity index (χ4v) is 2.53. The van der Waals surface area contributed by atoms with Gasteiger partial charge in [0.15, 0.2) is 6.29 Å². The first kappa shape index (κ1) is 14.9. The zero-order chi connectivity index (χ0) is 13.7. The molecule has 1 aliphatic heterocycles. The highest BCUT2D eigenvalue weighted by Gasteiger charge is 2.69. The molecule has 0 aliphatic carbocycles. The standard InChI is InChI=1S/C12H25NO4/c1-7-9(2)11(4,15)12(5,16)10(3,13-6)8(14)17-9/h8,13-16H,7H2,1-6H3. The molecule has 5 nitrogen and oxygen atoms in total. The number of hydrogen-bond acceptors (Lipinski definition) is 5. The summed E-state index contributed by atoms with van der Waals surface area (Å²) in [5.74, 6) is 0. The minimum Gasteiger partial charge on any atom is -0.385 e. The smallest absolute Gasteiger partial charge is 0.176 e. The summed E-state index contributed by atoms with van der Waals surface area (Å²) in [6.07, 6.45) is -0.722. The van der Waals surface area contributed by atoms with Crippen molar-refractivity contribution in [3.8, 4) is 0 Å². The first-order chi connectivity index (χ1) is 7.50. The zero-order valence-electron chi connectivity index (χ0n) is 11.5. The monoisotopic (exact) mass is 247 g/mol. The van der Waals surface area contributed by atoms with Crippen LogP contribution in [0, 0.1) is 0 Å². The summed E-state index contributed by atoms with van der Waals surface area (Å²) < 4.78 is 5.56. The van der Waals surface area contributed by atoms with Crippen LogP contribution in [0.5, 0.6) is 0 Å². The molecule has 102 valence electrons. The third-order valence-corrected chi connectivity index (χ3v) is 5.05. The van der Waals surface area contributed by atoms with Crippen LogP contribution in [-0.2, 0) is 4.74 Å². The number of nitrogens with one attached hydrogen (secondary N) is 1. The van der Waals surface area contributed by atoms with Crippen molar-refractivity contribution in [1.82, 2.24) is 5.32 Å². The summed E-state index contributed by atoms with van der Waals surface area (Å²) in [4.78, 5) is 0.